The second kappa shape index (κ2) is 17.5. The minimum absolute atomic E-state index is 0.0180. The van der Waals surface area contributed by atoms with Gasteiger partial charge >= 0.3 is 24.2 Å². The number of nitrogens with one attached hydrogen (secondary N) is 3. The number of nitrogens with zero attached hydrogens (tertiary/aromatic N) is 4. The van der Waals surface area contributed by atoms with Crippen molar-refractivity contribution in [3.8, 4) is 0 Å². The molecule has 2 saturated heterocycles. The number of carbonyl (C=O) groups is 5. The van der Waals surface area contributed by atoms with E-state index < -0.39 is 41.5 Å². The number of hydrogen-bond acceptors (Lipinski definition) is 12. The maximum absolute atomic E-state index is 13.5. The van der Waals surface area contributed by atoms with Gasteiger partial charge in [0.1, 0.15) is 29.7 Å². The van der Waals surface area contributed by atoms with Gasteiger partial charge in [-0.3, -0.25) is 14.6 Å². The average molecular weight is 740 g/mol. The summed E-state index contributed by atoms with van der Waals surface area (Å²) in [4.78, 5) is 74.7. The topological polar surface area (TPSA) is 180 Å². The Morgan fingerprint density at radius 1 is 0.906 bits per heavy atom. The summed E-state index contributed by atoms with van der Waals surface area (Å²) in [5, 5.41) is 8.48. The summed E-state index contributed by atoms with van der Waals surface area (Å²) in [6.07, 6.45) is 1.31. The average Bonchev–Trinajstić information content (AvgIpc) is 3.10. The fraction of sp³-hybridized carbons (Fsp3) is 0.568. The van der Waals surface area contributed by atoms with Gasteiger partial charge in [-0.25, -0.2) is 24.2 Å². The number of amides is 4. The maximum atomic E-state index is 13.5. The van der Waals surface area contributed by atoms with Gasteiger partial charge in [-0.2, -0.15) is 0 Å². The number of benzene rings is 1. The zero-order valence-electron chi connectivity index (χ0n) is 31.9. The third-order valence-electron chi connectivity index (χ3n) is 8.26. The predicted octanol–water partition coefficient (Wildman–Crippen LogP) is 4.19. The van der Waals surface area contributed by atoms with Crippen LogP contribution in [0.25, 0.3) is 0 Å². The van der Waals surface area contributed by atoms with Gasteiger partial charge < -0.3 is 39.8 Å². The molecule has 16 heteroatoms. The van der Waals surface area contributed by atoms with E-state index >= 15 is 0 Å². The Bertz CT molecular complexity index is 1570. The van der Waals surface area contributed by atoms with Gasteiger partial charge in [-0.15, -0.1) is 0 Å². The summed E-state index contributed by atoms with van der Waals surface area (Å²) in [5.41, 5.74) is -0.0228. The zero-order valence-corrected chi connectivity index (χ0v) is 31.9. The zero-order chi connectivity index (χ0) is 38.9. The van der Waals surface area contributed by atoms with E-state index in [0.717, 1.165) is 11.3 Å². The molecule has 0 aromatic heterocycles. The van der Waals surface area contributed by atoms with Crippen molar-refractivity contribution in [1.29, 1.82) is 0 Å². The molecule has 0 bridgehead atoms. The van der Waals surface area contributed by atoms with Crippen molar-refractivity contribution in [3.05, 3.63) is 59.3 Å². The second-order valence-electron chi connectivity index (χ2n) is 15.0. The van der Waals surface area contributed by atoms with Crippen molar-refractivity contribution in [2.75, 3.05) is 39.8 Å². The Hall–Kier alpha value is -5.28. The fourth-order valence-electron chi connectivity index (χ4n) is 5.81. The molecule has 53 heavy (non-hydrogen) atoms. The number of rotatable bonds is 7. The maximum Gasteiger partial charge on any atom is 0.416 e. The van der Waals surface area contributed by atoms with Crippen molar-refractivity contribution < 1.29 is 42.9 Å². The summed E-state index contributed by atoms with van der Waals surface area (Å²) in [6, 6.07) is 7.95. The summed E-state index contributed by atoms with van der Waals surface area (Å²) in [6.45, 7) is 13.9. The van der Waals surface area contributed by atoms with E-state index in [2.05, 4.69) is 16.0 Å². The van der Waals surface area contributed by atoms with Gasteiger partial charge in [-0.05, 0) is 79.4 Å². The molecule has 4 amide bonds. The predicted molar refractivity (Wildman–Crippen MR) is 195 cm³/mol. The Kier molecular flexibility index (Phi) is 13.4. The second-order valence-corrected chi connectivity index (χ2v) is 15.0. The highest BCUT2D eigenvalue weighted by atomic mass is 16.6. The number of likely N-dealkylation sites (tertiary alicyclic amines) is 1. The summed E-state index contributed by atoms with van der Waals surface area (Å²) < 4.78 is 21.5. The molecular weight excluding hydrogens is 686 g/mol. The van der Waals surface area contributed by atoms with Gasteiger partial charge in [0.25, 0.3) is 0 Å². The molecule has 1 aromatic rings. The van der Waals surface area contributed by atoms with Crippen LogP contribution in [-0.4, -0.2) is 108 Å². The van der Waals surface area contributed by atoms with E-state index in [1.165, 1.54) is 16.9 Å². The van der Waals surface area contributed by atoms with Crippen LogP contribution < -0.4 is 16.0 Å². The van der Waals surface area contributed by atoms with E-state index in [0.29, 0.717) is 57.1 Å². The van der Waals surface area contributed by atoms with Crippen molar-refractivity contribution in [2.45, 2.75) is 91.6 Å². The molecular formula is C37H53N7O9. The molecule has 0 unspecified atom stereocenters. The van der Waals surface area contributed by atoms with Crippen LogP contribution in [0.4, 0.5) is 14.4 Å². The van der Waals surface area contributed by atoms with Crippen LogP contribution in [0.1, 0.15) is 73.3 Å². The third-order valence-corrected chi connectivity index (χ3v) is 8.26. The molecule has 3 aliphatic rings. The minimum atomic E-state index is -1.14. The molecule has 16 nitrogen and oxygen atoms in total. The molecule has 3 aliphatic heterocycles. The van der Waals surface area contributed by atoms with Crippen LogP contribution in [0.2, 0.25) is 0 Å². The van der Waals surface area contributed by atoms with Crippen LogP contribution in [0, 0.1) is 5.92 Å². The molecule has 2 fully saturated rings. The standard InChI is InChI=1S/C37H53N7O9/c1-24-21-28(41-29(39-24)31-43(34(48)52-36(2,3)4)17-12-18-44(31)35(49)53-37(5,6)7)42-19-15-26(16-20-42)30(45)38-22-27(32(46)50-8)40-33(47)51-23-25-13-10-9-11-14-25/h9-11,13-14,21,26-27,39H,12,15-20,22-23H2,1-8H3,(H,38,45)(H,40,47)/t27-/m0/s1. The quantitative estimate of drug-likeness (QED) is 0.270. The highest BCUT2D eigenvalue weighted by Gasteiger charge is 2.39. The largest absolute Gasteiger partial charge is 0.467 e. The monoisotopic (exact) mass is 739 g/mol. The number of hydrogen-bond donors (Lipinski definition) is 3. The number of allylic oxidation sites excluding steroid dienone is 1. The van der Waals surface area contributed by atoms with Crippen molar-refractivity contribution >= 4 is 36.0 Å². The Labute approximate surface area is 310 Å². The van der Waals surface area contributed by atoms with E-state index in [-0.39, 0.29) is 30.8 Å². The summed E-state index contributed by atoms with van der Waals surface area (Å²) >= 11 is 0. The molecule has 3 heterocycles. The number of amidine groups is 1. The number of esters is 1. The lowest BCUT2D eigenvalue weighted by Gasteiger charge is -2.40. The van der Waals surface area contributed by atoms with Crippen molar-refractivity contribution in [1.82, 2.24) is 30.7 Å². The number of methoxy groups -OCH3 is 1. The first-order valence-corrected chi connectivity index (χ1v) is 17.8. The number of piperidine rings is 1. The van der Waals surface area contributed by atoms with Gasteiger partial charge in [0.05, 0.1) is 7.11 Å². The molecule has 0 saturated carbocycles. The minimum Gasteiger partial charge on any atom is -0.467 e. The number of carbonyl (C=O) groups excluding carboxylic acids is 5. The number of ether oxygens (including phenoxy) is 4. The SMILES string of the molecule is COC(=O)[C@H](CNC(=O)C1CCN(C2=NC(=C3N(C(=O)OC(C)(C)C)CCCN3C(=O)OC(C)(C)C)NC(C)=C2)CC1)NC(=O)OCc1ccccc1. The van der Waals surface area contributed by atoms with E-state index in [1.54, 1.807) is 53.7 Å². The first-order chi connectivity index (χ1) is 24.9. The van der Waals surface area contributed by atoms with Gasteiger partial charge in [0.15, 0.2) is 11.6 Å². The van der Waals surface area contributed by atoms with E-state index in [1.807, 2.05) is 36.1 Å². The van der Waals surface area contributed by atoms with E-state index in [9.17, 15) is 24.0 Å². The molecule has 0 radical (unpaired) electrons. The fourth-order valence-corrected chi connectivity index (χ4v) is 5.81. The highest BCUT2D eigenvalue weighted by molar-refractivity contribution is 5.95. The molecule has 290 valence electrons. The highest BCUT2D eigenvalue weighted by Crippen LogP contribution is 2.29. The van der Waals surface area contributed by atoms with Crippen molar-refractivity contribution in [3.63, 3.8) is 0 Å². The smallest absolute Gasteiger partial charge is 0.416 e. The lowest BCUT2D eigenvalue weighted by Crippen LogP contribution is -2.52. The van der Waals surface area contributed by atoms with Gasteiger partial charge in [0, 0.05) is 44.3 Å². The van der Waals surface area contributed by atoms with Gasteiger partial charge in [0.2, 0.25) is 5.91 Å². The lowest BCUT2D eigenvalue weighted by molar-refractivity contribution is -0.143. The first kappa shape index (κ1) is 40.5. The van der Waals surface area contributed by atoms with Crippen LogP contribution in [0.5, 0.6) is 0 Å². The normalized spacial score (nSPS) is 17.5. The molecule has 3 N–H and O–H groups in total. The van der Waals surface area contributed by atoms with Gasteiger partial charge in [-0.1, -0.05) is 30.3 Å². The third kappa shape index (κ3) is 11.9. The summed E-state index contributed by atoms with van der Waals surface area (Å²) in [5.74, 6) is -0.213. The molecule has 0 spiro atoms. The first-order valence-electron chi connectivity index (χ1n) is 17.8. The lowest BCUT2D eigenvalue weighted by atomic mass is 9.95. The molecule has 0 aliphatic carbocycles. The molecule has 1 atom stereocenters. The Balaban J connectivity index is 1.44. The number of alkyl carbamates (subject to hydrolysis) is 1. The van der Waals surface area contributed by atoms with Crippen LogP contribution in [0.15, 0.2) is 58.7 Å². The number of aliphatic imine (C=N–C) groups is 1. The Morgan fingerprint density at radius 3 is 2.04 bits per heavy atom. The van der Waals surface area contributed by atoms with Crippen molar-refractivity contribution in [2.24, 2.45) is 10.9 Å². The summed E-state index contributed by atoms with van der Waals surface area (Å²) in [7, 11) is 1.20. The van der Waals surface area contributed by atoms with Crippen LogP contribution in [-0.2, 0) is 35.1 Å². The van der Waals surface area contributed by atoms with E-state index in [4.69, 9.17) is 23.9 Å². The Morgan fingerprint density at radius 2 is 1.49 bits per heavy atom. The molecule has 4 rings (SSSR count). The van der Waals surface area contributed by atoms with Crippen LogP contribution >= 0.6 is 0 Å². The van der Waals surface area contributed by atoms with Crippen LogP contribution in [0.3, 0.4) is 0 Å². The molecule has 1 aromatic carbocycles.